The van der Waals surface area contributed by atoms with Crippen LogP contribution in [0.1, 0.15) is 55.8 Å². The second-order valence-electron chi connectivity index (χ2n) is 6.37. The molecular formula is C17H27N3. The maximum Gasteiger partial charge on any atom is 0.0605 e. The number of hydrogen-bond donors (Lipinski definition) is 1. The highest BCUT2D eigenvalue weighted by Gasteiger charge is 2.22. The Morgan fingerprint density at radius 2 is 2.10 bits per heavy atom. The summed E-state index contributed by atoms with van der Waals surface area (Å²) in [6.45, 7) is 2.23. The molecular weight excluding hydrogens is 246 g/mol. The first-order chi connectivity index (χ1) is 9.84. The SMILES string of the molecule is CN(CCNC1CCCc2cccnc21)C1CCCC1. The number of fused-ring (bicyclic) bond motifs is 1. The average molecular weight is 273 g/mol. The molecule has 2 aliphatic carbocycles. The molecule has 110 valence electrons. The third-order valence-electron chi connectivity index (χ3n) is 5.00. The molecule has 20 heavy (non-hydrogen) atoms. The number of rotatable bonds is 5. The normalized spacial score (nSPS) is 23.2. The number of likely N-dealkylation sites (N-methyl/N-ethyl adjacent to an activating group) is 1. The number of aryl methyl sites for hydroxylation is 1. The summed E-state index contributed by atoms with van der Waals surface area (Å²) >= 11 is 0. The predicted molar refractivity (Wildman–Crippen MR) is 82.8 cm³/mol. The highest BCUT2D eigenvalue weighted by molar-refractivity contribution is 5.25. The van der Waals surface area contributed by atoms with E-state index in [9.17, 15) is 0 Å². The molecule has 0 saturated heterocycles. The van der Waals surface area contributed by atoms with Gasteiger partial charge in [0, 0.05) is 31.4 Å². The molecule has 0 aromatic carbocycles. The Hall–Kier alpha value is -0.930. The molecule has 0 aliphatic heterocycles. The fraction of sp³-hybridized carbons (Fsp3) is 0.706. The number of aromatic nitrogens is 1. The zero-order valence-corrected chi connectivity index (χ0v) is 12.6. The highest BCUT2D eigenvalue weighted by atomic mass is 15.1. The summed E-state index contributed by atoms with van der Waals surface area (Å²) in [6, 6.07) is 5.60. The van der Waals surface area contributed by atoms with Crippen molar-refractivity contribution in [1.82, 2.24) is 15.2 Å². The van der Waals surface area contributed by atoms with E-state index in [2.05, 4.69) is 34.4 Å². The van der Waals surface area contributed by atoms with Crippen LogP contribution in [0.15, 0.2) is 18.3 Å². The quantitative estimate of drug-likeness (QED) is 0.894. The zero-order valence-electron chi connectivity index (χ0n) is 12.6. The molecule has 1 aromatic heterocycles. The lowest BCUT2D eigenvalue weighted by Crippen LogP contribution is -2.37. The summed E-state index contributed by atoms with van der Waals surface area (Å²) in [5.74, 6) is 0. The molecule has 1 atom stereocenters. The van der Waals surface area contributed by atoms with E-state index >= 15 is 0 Å². The van der Waals surface area contributed by atoms with Gasteiger partial charge in [0.2, 0.25) is 0 Å². The minimum atomic E-state index is 0.469. The lowest BCUT2D eigenvalue weighted by Gasteiger charge is -2.28. The van der Waals surface area contributed by atoms with Crippen LogP contribution in [-0.2, 0) is 6.42 Å². The van der Waals surface area contributed by atoms with Crippen molar-refractivity contribution >= 4 is 0 Å². The maximum atomic E-state index is 4.60. The molecule has 0 radical (unpaired) electrons. The van der Waals surface area contributed by atoms with Crippen LogP contribution >= 0.6 is 0 Å². The van der Waals surface area contributed by atoms with Crippen LogP contribution in [0.5, 0.6) is 0 Å². The Balaban J connectivity index is 1.49. The van der Waals surface area contributed by atoms with Crippen molar-refractivity contribution in [3.05, 3.63) is 29.6 Å². The Morgan fingerprint density at radius 1 is 1.25 bits per heavy atom. The summed E-state index contributed by atoms with van der Waals surface area (Å²) in [5, 5.41) is 3.73. The maximum absolute atomic E-state index is 4.60. The standard InChI is InChI=1S/C17H27N3/c1-20(15-8-2-3-9-15)13-12-18-16-10-4-6-14-7-5-11-19-17(14)16/h5,7,11,15-16,18H,2-4,6,8-10,12-13H2,1H3. The van der Waals surface area contributed by atoms with Gasteiger partial charge >= 0.3 is 0 Å². The summed E-state index contributed by atoms with van der Waals surface area (Å²) < 4.78 is 0. The smallest absolute Gasteiger partial charge is 0.0605 e. The van der Waals surface area contributed by atoms with Crippen molar-refractivity contribution < 1.29 is 0 Å². The molecule has 1 aromatic rings. The second kappa shape index (κ2) is 6.68. The van der Waals surface area contributed by atoms with Crippen LogP contribution in [0, 0.1) is 0 Å². The molecule has 1 saturated carbocycles. The van der Waals surface area contributed by atoms with Crippen molar-refractivity contribution in [2.75, 3.05) is 20.1 Å². The van der Waals surface area contributed by atoms with Crippen LogP contribution in [0.25, 0.3) is 0 Å². The van der Waals surface area contributed by atoms with Gasteiger partial charge in [-0.15, -0.1) is 0 Å². The average Bonchev–Trinajstić information content (AvgIpc) is 3.02. The molecule has 2 aliphatic rings. The lowest BCUT2D eigenvalue weighted by molar-refractivity contribution is 0.240. The van der Waals surface area contributed by atoms with Crippen molar-refractivity contribution in [3.63, 3.8) is 0 Å². The van der Waals surface area contributed by atoms with Gasteiger partial charge in [-0.1, -0.05) is 18.9 Å². The van der Waals surface area contributed by atoms with Crippen LogP contribution < -0.4 is 5.32 Å². The topological polar surface area (TPSA) is 28.2 Å². The Morgan fingerprint density at radius 3 is 2.95 bits per heavy atom. The second-order valence-corrected chi connectivity index (χ2v) is 6.37. The monoisotopic (exact) mass is 273 g/mol. The molecule has 1 unspecified atom stereocenters. The van der Waals surface area contributed by atoms with Gasteiger partial charge in [-0.2, -0.15) is 0 Å². The largest absolute Gasteiger partial charge is 0.307 e. The summed E-state index contributed by atoms with van der Waals surface area (Å²) in [7, 11) is 2.28. The first kappa shape index (κ1) is 14.0. The molecule has 0 bridgehead atoms. The van der Waals surface area contributed by atoms with Gasteiger partial charge in [0.1, 0.15) is 0 Å². The van der Waals surface area contributed by atoms with Crippen LogP contribution in [-0.4, -0.2) is 36.1 Å². The first-order valence-corrected chi connectivity index (χ1v) is 8.22. The van der Waals surface area contributed by atoms with Gasteiger partial charge in [0.25, 0.3) is 0 Å². The van der Waals surface area contributed by atoms with Gasteiger partial charge in [-0.3, -0.25) is 4.98 Å². The molecule has 3 rings (SSSR count). The van der Waals surface area contributed by atoms with Crippen molar-refractivity contribution in [1.29, 1.82) is 0 Å². The molecule has 1 N–H and O–H groups in total. The van der Waals surface area contributed by atoms with Crippen molar-refractivity contribution in [3.8, 4) is 0 Å². The number of hydrogen-bond acceptors (Lipinski definition) is 3. The molecule has 1 fully saturated rings. The van der Waals surface area contributed by atoms with Gasteiger partial charge in [-0.05, 0) is 50.8 Å². The fourth-order valence-corrected chi connectivity index (χ4v) is 3.75. The molecule has 3 heteroatoms. The third kappa shape index (κ3) is 3.21. The zero-order chi connectivity index (χ0) is 13.8. The van der Waals surface area contributed by atoms with E-state index in [1.807, 2.05) is 6.20 Å². The lowest BCUT2D eigenvalue weighted by atomic mass is 9.92. The first-order valence-electron chi connectivity index (χ1n) is 8.22. The number of nitrogens with zero attached hydrogens (tertiary/aromatic N) is 2. The van der Waals surface area contributed by atoms with Gasteiger partial charge in [-0.25, -0.2) is 0 Å². The van der Waals surface area contributed by atoms with E-state index in [1.165, 1.54) is 56.2 Å². The highest BCUT2D eigenvalue weighted by Crippen LogP contribution is 2.27. The Kier molecular flexibility index (Phi) is 4.69. The van der Waals surface area contributed by atoms with E-state index in [-0.39, 0.29) is 0 Å². The van der Waals surface area contributed by atoms with Gasteiger partial charge in [0.15, 0.2) is 0 Å². The van der Waals surface area contributed by atoms with Crippen LogP contribution in [0.2, 0.25) is 0 Å². The van der Waals surface area contributed by atoms with E-state index in [1.54, 1.807) is 0 Å². The van der Waals surface area contributed by atoms with E-state index in [4.69, 9.17) is 0 Å². The van der Waals surface area contributed by atoms with Crippen molar-refractivity contribution in [2.24, 2.45) is 0 Å². The minimum Gasteiger partial charge on any atom is -0.307 e. The Bertz CT molecular complexity index is 426. The summed E-state index contributed by atoms with van der Waals surface area (Å²) in [6.07, 6.45) is 11.3. The van der Waals surface area contributed by atoms with Gasteiger partial charge < -0.3 is 10.2 Å². The van der Waals surface area contributed by atoms with E-state index in [0.29, 0.717) is 6.04 Å². The molecule has 0 amide bonds. The van der Waals surface area contributed by atoms with Crippen LogP contribution in [0.3, 0.4) is 0 Å². The molecule has 0 spiro atoms. The summed E-state index contributed by atoms with van der Waals surface area (Å²) in [5.41, 5.74) is 2.74. The number of nitrogens with one attached hydrogen (secondary N) is 1. The number of pyridine rings is 1. The molecule has 3 nitrogen and oxygen atoms in total. The summed E-state index contributed by atoms with van der Waals surface area (Å²) in [4.78, 5) is 7.14. The van der Waals surface area contributed by atoms with E-state index in [0.717, 1.165) is 19.1 Å². The predicted octanol–water partition coefficient (Wildman–Crippen LogP) is 2.92. The van der Waals surface area contributed by atoms with Crippen LogP contribution in [0.4, 0.5) is 0 Å². The minimum absolute atomic E-state index is 0.469. The Labute approximate surface area is 122 Å². The van der Waals surface area contributed by atoms with Crippen molar-refractivity contribution in [2.45, 2.75) is 57.0 Å². The molecule has 1 heterocycles. The van der Waals surface area contributed by atoms with Gasteiger partial charge in [0.05, 0.1) is 5.69 Å². The third-order valence-corrected chi connectivity index (χ3v) is 5.00. The fourth-order valence-electron chi connectivity index (χ4n) is 3.75. The van der Waals surface area contributed by atoms with E-state index < -0.39 is 0 Å².